The molecule has 3 rings (SSSR count). The molecule has 0 atom stereocenters. The van der Waals surface area contributed by atoms with Crippen LogP contribution in [0.3, 0.4) is 0 Å². The van der Waals surface area contributed by atoms with E-state index in [4.69, 9.17) is 16.3 Å². The molecule has 0 bridgehead atoms. The maximum atomic E-state index is 12.4. The average Bonchev–Trinajstić information content (AvgIpc) is 3.05. The van der Waals surface area contributed by atoms with E-state index in [1.165, 1.54) is 35.6 Å². The van der Waals surface area contributed by atoms with Crippen LogP contribution in [0.25, 0.3) is 10.2 Å². The summed E-state index contributed by atoms with van der Waals surface area (Å²) in [6.07, 6.45) is 0.268. The Morgan fingerprint density at radius 2 is 1.90 bits per heavy atom. The molecule has 6 nitrogen and oxygen atoms in total. The van der Waals surface area contributed by atoms with Crippen LogP contribution in [0, 0.1) is 0 Å². The summed E-state index contributed by atoms with van der Waals surface area (Å²) in [6, 6.07) is 13.9. The molecule has 0 fully saturated rings. The minimum absolute atomic E-state index is 0.0620. The van der Waals surface area contributed by atoms with Gasteiger partial charge in [0.25, 0.3) is 0 Å². The molecule has 1 heterocycles. The fraction of sp³-hybridized carbons (Fsp3) is 0.333. The molecule has 1 aromatic heterocycles. The van der Waals surface area contributed by atoms with E-state index in [2.05, 4.69) is 4.99 Å². The monoisotopic (exact) mass is 466 g/mol. The Labute approximate surface area is 184 Å². The van der Waals surface area contributed by atoms with Crippen molar-refractivity contribution in [2.45, 2.75) is 31.2 Å². The summed E-state index contributed by atoms with van der Waals surface area (Å²) in [7, 11) is -3.46. The third kappa shape index (κ3) is 5.78. The number of halogens is 1. The Morgan fingerprint density at radius 1 is 1.17 bits per heavy atom. The van der Waals surface area contributed by atoms with Crippen molar-refractivity contribution >= 4 is 48.9 Å². The van der Waals surface area contributed by atoms with Crippen LogP contribution < -0.4 is 4.80 Å². The molecule has 0 aliphatic heterocycles. The summed E-state index contributed by atoms with van der Waals surface area (Å²) in [6.45, 7) is 3.67. The van der Waals surface area contributed by atoms with Gasteiger partial charge >= 0.3 is 0 Å². The van der Waals surface area contributed by atoms with Gasteiger partial charge in [-0.05, 0) is 49.7 Å². The first kappa shape index (κ1) is 22.7. The van der Waals surface area contributed by atoms with E-state index in [0.717, 1.165) is 10.2 Å². The Balaban J connectivity index is 1.71. The number of nitrogens with zero attached hydrogens (tertiary/aromatic N) is 2. The third-order valence-electron chi connectivity index (χ3n) is 4.45. The van der Waals surface area contributed by atoms with Gasteiger partial charge in [0.1, 0.15) is 0 Å². The van der Waals surface area contributed by atoms with Gasteiger partial charge in [-0.2, -0.15) is 4.99 Å². The lowest BCUT2D eigenvalue weighted by Crippen LogP contribution is -2.20. The zero-order chi connectivity index (χ0) is 21.6. The van der Waals surface area contributed by atoms with Crippen molar-refractivity contribution in [3.05, 3.63) is 58.4 Å². The molecule has 0 aliphatic carbocycles. The SMILES string of the molecule is CCOCCn1c(=NC(=O)CCCS(=O)(=O)c2ccc(Cl)cc2)sc2ccccc21. The largest absolute Gasteiger partial charge is 0.380 e. The van der Waals surface area contributed by atoms with E-state index in [9.17, 15) is 13.2 Å². The number of hydrogen-bond acceptors (Lipinski definition) is 5. The van der Waals surface area contributed by atoms with E-state index in [0.29, 0.717) is 29.6 Å². The van der Waals surface area contributed by atoms with Gasteiger partial charge in [-0.15, -0.1) is 0 Å². The number of amides is 1. The number of aromatic nitrogens is 1. The number of carbonyl (C=O) groups is 1. The molecule has 0 spiro atoms. The van der Waals surface area contributed by atoms with Gasteiger partial charge in [-0.3, -0.25) is 4.79 Å². The molecule has 1 amide bonds. The lowest BCUT2D eigenvalue weighted by atomic mass is 10.3. The molecular formula is C21H23ClN2O4S2. The second-order valence-corrected chi connectivity index (χ2v) is 10.1. The van der Waals surface area contributed by atoms with Crippen LogP contribution in [0.5, 0.6) is 0 Å². The Bertz CT molecular complexity index is 1180. The smallest absolute Gasteiger partial charge is 0.248 e. The Morgan fingerprint density at radius 3 is 2.63 bits per heavy atom. The van der Waals surface area contributed by atoms with Crippen molar-refractivity contribution in [2.24, 2.45) is 4.99 Å². The highest BCUT2D eigenvalue weighted by atomic mass is 35.5. The number of ether oxygens (including phenoxy) is 1. The highest BCUT2D eigenvalue weighted by Crippen LogP contribution is 2.18. The van der Waals surface area contributed by atoms with E-state index in [1.807, 2.05) is 35.8 Å². The van der Waals surface area contributed by atoms with E-state index < -0.39 is 9.84 Å². The zero-order valence-corrected chi connectivity index (χ0v) is 19.0. The van der Waals surface area contributed by atoms with Crippen LogP contribution in [0.4, 0.5) is 0 Å². The van der Waals surface area contributed by atoms with Gasteiger partial charge in [0.05, 0.1) is 27.5 Å². The number of hydrogen-bond donors (Lipinski definition) is 0. The minimum Gasteiger partial charge on any atom is -0.380 e. The first-order valence-corrected chi connectivity index (χ1v) is 12.5. The molecule has 0 saturated heterocycles. The number of sulfone groups is 1. The molecule has 0 radical (unpaired) electrons. The Hall–Kier alpha value is -2.00. The fourth-order valence-electron chi connectivity index (χ4n) is 2.96. The molecule has 30 heavy (non-hydrogen) atoms. The topological polar surface area (TPSA) is 77.7 Å². The molecule has 0 aliphatic rings. The van der Waals surface area contributed by atoms with Crippen LogP contribution >= 0.6 is 22.9 Å². The number of rotatable bonds is 9. The molecule has 160 valence electrons. The third-order valence-corrected chi connectivity index (χ3v) is 7.58. The van der Waals surface area contributed by atoms with Crippen molar-refractivity contribution in [1.29, 1.82) is 0 Å². The van der Waals surface area contributed by atoms with Gasteiger partial charge in [0.2, 0.25) is 5.91 Å². The second-order valence-electron chi connectivity index (χ2n) is 6.58. The quantitative estimate of drug-likeness (QED) is 0.445. The van der Waals surface area contributed by atoms with E-state index >= 15 is 0 Å². The number of fused-ring (bicyclic) bond motifs is 1. The number of carbonyl (C=O) groups excluding carboxylic acids is 1. The van der Waals surface area contributed by atoms with Crippen LogP contribution in [0.2, 0.25) is 5.02 Å². The summed E-state index contributed by atoms with van der Waals surface area (Å²) >= 11 is 7.24. The summed E-state index contributed by atoms with van der Waals surface area (Å²) < 4.78 is 33.3. The van der Waals surface area contributed by atoms with E-state index in [1.54, 1.807) is 0 Å². The second kappa shape index (κ2) is 10.3. The predicted molar refractivity (Wildman–Crippen MR) is 120 cm³/mol. The van der Waals surface area contributed by atoms with Crippen molar-refractivity contribution in [2.75, 3.05) is 19.0 Å². The maximum absolute atomic E-state index is 12.4. The van der Waals surface area contributed by atoms with Crippen molar-refractivity contribution in [3.8, 4) is 0 Å². The first-order valence-electron chi connectivity index (χ1n) is 9.62. The van der Waals surface area contributed by atoms with Crippen molar-refractivity contribution < 1.29 is 17.9 Å². The van der Waals surface area contributed by atoms with Gasteiger partial charge in [0, 0.05) is 24.6 Å². The van der Waals surface area contributed by atoms with Gasteiger partial charge in [0.15, 0.2) is 14.6 Å². The lowest BCUT2D eigenvalue weighted by molar-refractivity contribution is -0.118. The van der Waals surface area contributed by atoms with Crippen LogP contribution in [0.15, 0.2) is 58.4 Å². The zero-order valence-electron chi connectivity index (χ0n) is 16.6. The first-order chi connectivity index (χ1) is 14.4. The molecule has 2 aromatic carbocycles. The van der Waals surface area contributed by atoms with Gasteiger partial charge in [-0.1, -0.05) is 35.1 Å². The molecular weight excluding hydrogens is 444 g/mol. The maximum Gasteiger partial charge on any atom is 0.248 e. The van der Waals surface area contributed by atoms with Gasteiger partial charge in [-0.25, -0.2) is 8.42 Å². The standard InChI is InChI=1S/C21H23ClN2O4S2/c1-2-28-14-13-24-18-6-3-4-7-19(18)29-21(24)23-20(25)8-5-15-30(26,27)17-11-9-16(22)10-12-17/h3-4,6-7,9-12H,2,5,8,13-15H2,1H3. The summed E-state index contributed by atoms with van der Waals surface area (Å²) in [5.74, 6) is -0.454. The summed E-state index contributed by atoms with van der Waals surface area (Å²) in [4.78, 5) is 17.5. The van der Waals surface area contributed by atoms with Crippen molar-refractivity contribution in [1.82, 2.24) is 4.57 Å². The fourth-order valence-corrected chi connectivity index (χ4v) is 5.47. The lowest BCUT2D eigenvalue weighted by Gasteiger charge is -2.05. The minimum atomic E-state index is -3.46. The van der Waals surface area contributed by atoms with Crippen LogP contribution in [-0.2, 0) is 25.9 Å². The van der Waals surface area contributed by atoms with Crippen LogP contribution in [-0.4, -0.2) is 37.9 Å². The molecule has 0 saturated carbocycles. The normalized spacial score (nSPS) is 12.5. The van der Waals surface area contributed by atoms with E-state index in [-0.39, 0.29) is 29.4 Å². The number of para-hydroxylation sites is 1. The highest BCUT2D eigenvalue weighted by molar-refractivity contribution is 7.91. The van der Waals surface area contributed by atoms with Gasteiger partial charge < -0.3 is 9.30 Å². The highest BCUT2D eigenvalue weighted by Gasteiger charge is 2.15. The molecule has 9 heteroatoms. The number of thiazole rings is 1. The predicted octanol–water partition coefficient (Wildman–Crippen LogP) is 4.07. The summed E-state index contributed by atoms with van der Waals surface area (Å²) in [5.41, 5.74) is 0.999. The molecule has 3 aromatic rings. The molecule has 0 N–H and O–H groups in total. The van der Waals surface area contributed by atoms with Crippen molar-refractivity contribution in [3.63, 3.8) is 0 Å². The average molecular weight is 467 g/mol. The summed E-state index contributed by atoms with van der Waals surface area (Å²) in [5, 5.41) is 0.476. The molecule has 0 unspecified atom stereocenters. The Kier molecular flexibility index (Phi) is 7.82. The van der Waals surface area contributed by atoms with Crippen LogP contribution in [0.1, 0.15) is 19.8 Å². The number of benzene rings is 2.